The van der Waals surface area contributed by atoms with Gasteiger partial charge in [-0.25, -0.2) is 14.5 Å². The van der Waals surface area contributed by atoms with Gasteiger partial charge in [-0.05, 0) is 23.6 Å². The summed E-state index contributed by atoms with van der Waals surface area (Å²) in [6.07, 6.45) is 7.49. The molecule has 3 aromatic heterocycles. The van der Waals surface area contributed by atoms with Crippen LogP contribution in [0.25, 0.3) is 28.2 Å². The number of rotatable bonds is 11. The van der Waals surface area contributed by atoms with Crippen LogP contribution in [0.2, 0.25) is 25.7 Å². The van der Waals surface area contributed by atoms with Crippen LogP contribution in [-0.4, -0.2) is 56.6 Å². The third kappa shape index (κ3) is 6.16. The maximum Gasteiger partial charge on any atom is 0.165 e. The molecule has 4 aromatic rings. The van der Waals surface area contributed by atoms with E-state index in [9.17, 15) is 5.11 Å². The quantitative estimate of drug-likeness (QED) is 0.226. The number of aliphatic hydroxyl groups excluding tert-OH is 1. The van der Waals surface area contributed by atoms with Crippen LogP contribution in [0.3, 0.4) is 0 Å². The van der Waals surface area contributed by atoms with Crippen molar-refractivity contribution in [2.75, 3.05) is 18.5 Å². The highest BCUT2D eigenvalue weighted by atomic mass is 28.3. The maximum atomic E-state index is 9.66. The second kappa shape index (κ2) is 10.7. The lowest BCUT2D eigenvalue weighted by Gasteiger charge is -2.20. The fourth-order valence-electron chi connectivity index (χ4n) is 3.78. The SMILES string of the molecule is CC(C)[C@@H](CO)Nc1ccn2ncc(-c3ccc(-c4nccn4COCC[Si](C)(C)C)cc3)c2n1. The van der Waals surface area contributed by atoms with Gasteiger partial charge in [-0.2, -0.15) is 5.10 Å². The predicted molar refractivity (Wildman–Crippen MR) is 143 cm³/mol. The molecule has 0 saturated carbocycles. The van der Waals surface area contributed by atoms with Crippen LogP contribution in [0.4, 0.5) is 5.82 Å². The third-order valence-electron chi connectivity index (χ3n) is 6.10. The molecule has 0 aliphatic carbocycles. The molecule has 0 radical (unpaired) electrons. The van der Waals surface area contributed by atoms with Crippen LogP contribution >= 0.6 is 0 Å². The zero-order valence-electron chi connectivity index (χ0n) is 21.3. The summed E-state index contributed by atoms with van der Waals surface area (Å²) >= 11 is 0. The van der Waals surface area contributed by atoms with E-state index in [0.29, 0.717) is 6.73 Å². The van der Waals surface area contributed by atoms with Crippen molar-refractivity contribution in [3.8, 4) is 22.5 Å². The Morgan fingerprint density at radius 1 is 1.06 bits per heavy atom. The van der Waals surface area contributed by atoms with E-state index < -0.39 is 8.07 Å². The molecule has 0 aliphatic rings. The van der Waals surface area contributed by atoms with E-state index in [1.54, 1.807) is 4.52 Å². The van der Waals surface area contributed by atoms with Crippen molar-refractivity contribution in [1.29, 1.82) is 0 Å². The molecule has 0 amide bonds. The van der Waals surface area contributed by atoms with E-state index in [4.69, 9.17) is 9.72 Å². The number of nitrogens with one attached hydrogen (secondary N) is 1. The Labute approximate surface area is 208 Å². The van der Waals surface area contributed by atoms with Gasteiger partial charge in [0.1, 0.15) is 18.4 Å². The number of imidazole rings is 1. The number of benzene rings is 1. The molecule has 1 atom stereocenters. The average molecular weight is 493 g/mol. The van der Waals surface area contributed by atoms with Crippen LogP contribution in [0.1, 0.15) is 13.8 Å². The molecule has 0 bridgehead atoms. The van der Waals surface area contributed by atoms with Crippen LogP contribution in [0, 0.1) is 5.92 Å². The van der Waals surface area contributed by atoms with Gasteiger partial charge in [0.05, 0.1) is 18.8 Å². The minimum absolute atomic E-state index is 0.0528. The molecule has 186 valence electrons. The third-order valence-corrected chi connectivity index (χ3v) is 7.80. The van der Waals surface area contributed by atoms with Gasteiger partial charge in [-0.15, -0.1) is 0 Å². The molecule has 0 fully saturated rings. The maximum absolute atomic E-state index is 9.66. The molecule has 35 heavy (non-hydrogen) atoms. The zero-order chi connectivity index (χ0) is 25.0. The van der Waals surface area contributed by atoms with Gasteiger partial charge in [-0.1, -0.05) is 57.8 Å². The second-order valence-corrected chi connectivity index (χ2v) is 16.1. The summed E-state index contributed by atoms with van der Waals surface area (Å²) < 4.78 is 9.73. The van der Waals surface area contributed by atoms with E-state index in [-0.39, 0.29) is 18.6 Å². The largest absolute Gasteiger partial charge is 0.394 e. The Hall–Kier alpha value is -3.01. The number of fused-ring (bicyclic) bond motifs is 1. The molecule has 0 saturated heterocycles. The van der Waals surface area contributed by atoms with Crippen LogP contribution < -0.4 is 5.32 Å². The number of aromatic nitrogens is 5. The highest BCUT2D eigenvalue weighted by Gasteiger charge is 2.15. The Morgan fingerprint density at radius 2 is 1.80 bits per heavy atom. The number of hydrogen-bond donors (Lipinski definition) is 2. The van der Waals surface area contributed by atoms with Gasteiger partial charge >= 0.3 is 0 Å². The monoisotopic (exact) mass is 492 g/mol. The summed E-state index contributed by atoms with van der Waals surface area (Å²) in [4.78, 5) is 9.33. The van der Waals surface area contributed by atoms with Crippen molar-refractivity contribution in [2.24, 2.45) is 5.92 Å². The van der Waals surface area contributed by atoms with Gasteiger partial charge in [0, 0.05) is 44.4 Å². The number of anilines is 1. The number of ether oxygens (including phenoxy) is 1. The minimum Gasteiger partial charge on any atom is -0.394 e. The summed E-state index contributed by atoms with van der Waals surface area (Å²) in [5.41, 5.74) is 3.77. The van der Waals surface area contributed by atoms with Crippen molar-refractivity contribution in [3.05, 3.63) is 55.1 Å². The molecule has 8 nitrogen and oxygen atoms in total. The smallest absolute Gasteiger partial charge is 0.165 e. The topological polar surface area (TPSA) is 89.5 Å². The fourth-order valence-corrected chi connectivity index (χ4v) is 4.54. The first-order valence-corrected chi connectivity index (χ1v) is 15.9. The lowest BCUT2D eigenvalue weighted by molar-refractivity contribution is 0.0883. The van der Waals surface area contributed by atoms with Crippen molar-refractivity contribution in [3.63, 3.8) is 0 Å². The van der Waals surface area contributed by atoms with Gasteiger partial charge in [-0.3, -0.25) is 0 Å². The Kier molecular flexibility index (Phi) is 7.68. The molecule has 0 unspecified atom stereocenters. The van der Waals surface area contributed by atoms with E-state index in [2.05, 4.69) is 73.2 Å². The Balaban J connectivity index is 1.51. The molecule has 1 aromatic carbocycles. The second-order valence-electron chi connectivity index (χ2n) is 10.5. The van der Waals surface area contributed by atoms with Gasteiger partial charge in [0.15, 0.2) is 5.65 Å². The summed E-state index contributed by atoms with van der Waals surface area (Å²) in [7, 11) is -1.11. The first-order valence-electron chi connectivity index (χ1n) is 12.2. The first-order chi connectivity index (χ1) is 16.7. The van der Waals surface area contributed by atoms with Crippen molar-refractivity contribution in [2.45, 2.75) is 52.3 Å². The molecular formula is C26H36N6O2Si. The molecule has 9 heteroatoms. The summed E-state index contributed by atoms with van der Waals surface area (Å²) in [6, 6.07) is 11.3. The van der Waals surface area contributed by atoms with Crippen LogP contribution in [0.5, 0.6) is 0 Å². The van der Waals surface area contributed by atoms with Crippen molar-refractivity contribution >= 4 is 19.5 Å². The molecule has 3 heterocycles. The van der Waals surface area contributed by atoms with Crippen LogP contribution in [-0.2, 0) is 11.5 Å². The minimum atomic E-state index is -1.11. The first kappa shape index (κ1) is 25.1. The van der Waals surface area contributed by atoms with E-state index in [1.165, 1.54) is 0 Å². The van der Waals surface area contributed by atoms with Crippen LogP contribution in [0.15, 0.2) is 55.1 Å². The summed E-state index contributed by atoms with van der Waals surface area (Å²) in [6.45, 7) is 12.5. The number of hydrogen-bond acceptors (Lipinski definition) is 6. The zero-order valence-corrected chi connectivity index (χ0v) is 22.3. The highest BCUT2D eigenvalue weighted by molar-refractivity contribution is 6.76. The fraction of sp³-hybridized carbons (Fsp3) is 0.423. The van der Waals surface area contributed by atoms with E-state index in [1.807, 2.05) is 35.4 Å². The van der Waals surface area contributed by atoms with Gasteiger partial charge < -0.3 is 19.7 Å². The predicted octanol–water partition coefficient (Wildman–Crippen LogP) is 5.00. The highest BCUT2D eigenvalue weighted by Crippen LogP contribution is 2.27. The van der Waals surface area contributed by atoms with Crippen molar-refractivity contribution in [1.82, 2.24) is 24.1 Å². The standard InChI is InChI=1S/C26H36N6O2Si/c1-19(2)23(17-33)29-24-10-12-32-26(30-24)22(16-28-32)20-6-8-21(9-7-20)25-27-11-13-31(25)18-34-14-15-35(3,4)5/h6-13,16,19,23,33H,14-15,17-18H2,1-5H3,(H,29,30)/t23-/m1/s1. The lowest BCUT2D eigenvalue weighted by Crippen LogP contribution is -2.29. The Morgan fingerprint density at radius 3 is 2.49 bits per heavy atom. The van der Waals surface area contributed by atoms with Gasteiger partial charge in [0.25, 0.3) is 0 Å². The average Bonchev–Trinajstić information content (AvgIpc) is 3.46. The lowest BCUT2D eigenvalue weighted by atomic mass is 10.1. The van der Waals surface area contributed by atoms with Crippen molar-refractivity contribution < 1.29 is 9.84 Å². The number of nitrogens with zero attached hydrogens (tertiary/aromatic N) is 5. The molecular weight excluding hydrogens is 456 g/mol. The molecule has 0 spiro atoms. The van der Waals surface area contributed by atoms with E-state index >= 15 is 0 Å². The Bertz CT molecular complexity index is 1240. The molecule has 4 rings (SSSR count). The number of aliphatic hydroxyl groups is 1. The normalized spacial score (nSPS) is 13.0. The summed E-state index contributed by atoms with van der Waals surface area (Å²) in [5, 5.41) is 17.5. The summed E-state index contributed by atoms with van der Waals surface area (Å²) in [5.74, 6) is 1.89. The molecule has 0 aliphatic heterocycles. The van der Waals surface area contributed by atoms with Gasteiger partial charge in [0.2, 0.25) is 0 Å². The molecule has 2 N–H and O–H groups in total. The van der Waals surface area contributed by atoms with E-state index in [0.717, 1.165) is 46.6 Å².